The summed E-state index contributed by atoms with van der Waals surface area (Å²) in [5.41, 5.74) is 5.86. The molecular formula is C26H33N7OS. The SMILES string of the molecule is CN(C)CCN(C)c1cc2c(cc1Nc1ncnc3sc4c(c13)CC[C@H](C(=O)N(C)C)C4)C=NC2. The smallest absolute Gasteiger partial charge is 0.225 e. The van der Waals surface area contributed by atoms with Crippen molar-refractivity contribution < 1.29 is 4.79 Å². The van der Waals surface area contributed by atoms with Crippen molar-refractivity contribution in [2.24, 2.45) is 10.9 Å². The third-order valence-electron chi connectivity index (χ3n) is 6.93. The molecule has 1 atom stereocenters. The summed E-state index contributed by atoms with van der Waals surface area (Å²) in [5, 5.41) is 4.76. The predicted molar refractivity (Wildman–Crippen MR) is 144 cm³/mol. The number of carbonyl (C=O) groups is 1. The van der Waals surface area contributed by atoms with Crippen LogP contribution in [-0.4, -0.2) is 80.2 Å². The van der Waals surface area contributed by atoms with E-state index in [0.29, 0.717) is 0 Å². The monoisotopic (exact) mass is 491 g/mol. The summed E-state index contributed by atoms with van der Waals surface area (Å²) in [6, 6.07) is 4.44. The highest BCUT2D eigenvalue weighted by Crippen LogP contribution is 2.42. The summed E-state index contributed by atoms with van der Waals surface area (Å²) in [7, 11) is 10.0. The lowest BCUT2D eigenvalue weighted by molar-refractivity contribution is -0.133. The average molecular weight is 492 g/mol. The summed E-state index contributed by atoms with van der Waals surface area (Å²) in [6.45, 7) is 2.61. The Hall–Kier alpha value is -3.04. The van der Waals surface area contributed by atoms with Crippen molar-refractivity contribution >= 4 is 50.9 Å². The van der Waals surface area contributed by atoms with Gasteiger partial charge in [0.05, 0.1) is 23.3 Å². The first-order chi connectivity index (χ1) is 16.8. The summed E-state index contributed by atoms with van der Waals surface area (Å²) in [6.07, 6.45) is 6.10. The number of amides is 1. The van der Waals surface area contributed by atoms with Crippen LogP contribution in [0.15, 0.2) is 23.5 Å². The summed E-state index contributed by atoms with van der Waals surface area (Å²) in [5.74, 6) is 1.09. The number of rotatable bonds is 7. The molecule has 3 aromatic rings. The molecule has 1 aliphatic heterocycles. The van der Waals surface area contributed by atoms with Crippen molar-refractivity contribution in [1.82, 2.24) is 19.8 Å². The van der Waals surface area contributed by atoms with Crippen molar-refractivity contribution in [3.63, 3.8) is 0 Å². The van der Waals surface area contributed by atoms with E-state index in [0.717, 1.165) is 71.9 Å². The molecule has 0 radical (unpaired) electrons. The van der Waals surface area contributed by atoms with Crippen LogP contribution in [0.5, 0.6) is 0 Å². The van der Waals surface area contributed by atoms with Crippen LogP contribution in [0.3, 0.4) is 0 Å². The first-order valence-corrected chi connectivity index (χ1v) is 12.9. The Morgan fingerprint density at radius 3 is 2.74 bits per heavy atom. The number of hydrogen-bond acceptors (Lipinski definition) is 8. The molecule has 0 saturated carbocycles. The van der Waals surface area contributed by atoms with E-state index >= 15 is 0 Å². The number of nitrogens with zero attached hydrogens (tertiary/aromatic N) is 6. The maximum Gasteiger partial charge on any atom is 0.225 e. The molecular weight excluding hydrogens is 458 g/mol. The maximum atomic E-state index is 12.6. The number of carbonyl (C=O) groups excluding carboxylic acids is 1. The van der Waals surface area contributed by atoms with E-state index in [2.05, 4.69) is 63.4 Å². The van der Waals surface area contributed by atoms with Crippen molar-refractivity contribution in [2.75, 3.05) is 58.5 Å². The largest absolute Gasteiger partial charge is 0.372 e. The number of fused-ring (bicyclic) bond motifs is 4. The van der Waals surface area contributed by atoms with Crippen LogP contribution < -0.4 is 10.2 Å². The normalized spacial score (nSPS) is 16.5. The molecule has 1 aliphatic carbocycles. The molecule has 1 amide bonds. The van der Waals surface area contributed by atoms with Crippen LogP contribution in [0.25, 0.3) is 10.2 Å². The predicted octanol–water partition coefficient (Wildman–Crippen LogP) is 3.56. The first-order valence-electron chi connectivity index (χ1n) is 12.1. The average Bonchev–Trinajstić information content (AvgIpc) is 3.45. The van der Waals surface area contributed by atoms with Gasteiger partial charge in [0, 0.05) is 51.2 Å². The van der Waals surface area contributed by atoms with E-state index < -0.39 is 0 Å². The van der Waals surface area contributed by atoms with Crippen LogP contribution in [-0.2, 0) is 24.2 Å². The van der Waals surface area contributed by atoms with E-state index in [-0.39, 0.29) is 11.8 Å². The fourth-order valence-corrected chi connectivity index (χ4v) is 6.21. The second-order valence-electron chi connectivity index (χ2n) is 9.97. The first kappa shape index (κ1) is 23.7. The number of thiophene rings is 1. The lowest BCUT2D eigenvalue weighted by Crippen LogP contribution is -2.32. The van der Waals surface area contributed by atoms with Gasteiger partial charge in [-0.05, 0) is 62.2 Å². The van der Waals surface area contributed by atoms with Gasteiger partial charge in [-0.2, -0.15) is 0 Å². The van der Waals surface area contributed by atoms with Gasteiger partial charge in [-0.3, -0.25) is 9.79 Å². The second kappa shape index (κ2) is 9.54. The number of aryl methyl sites for hydroxylation is 1. The molecule has 2 aromatic heterocycles. The molecule has 0 unspecified atom stereocenters. The zero-order valence-electron chi connectivity index (χ0n) is 21.1. The van der Waals surface area contributed by atoms with Crippen molar-refractivity contribution in [3.8, 4) is 0 Å². The van der Waals surface area contributed by atoms with Gasteiger partial charge in [-0.25, -0.2) is 9.97 Å². The standard InChI is InChI=1S/C26H33N7OS/c1-31(2)8-9-33(5)21-11-18-14-27-13-17(18)10-20(21)30-24-23-19-7-6-16(26(34)32(3)4)12-22(19)35-25(23)29-15-28-24/h10-11,13,15-16H,6-9,12,14H2,1-5H3,(H,28,29,30)/t16-/m0/s1. The summed E-state index contributed by atoms with van der Waals surface area (Å²) in [4.78, 5) is 34.8. The zero-order chi connectivity index (χ0) is 24.7. The molecule has 184 valence electrons. The van der Waals surface area contributed by atoms with Gasteiger partial charge in [0.1, 0.15) is 17.0 Å². The quantitative estimate of drug-likeness (QED) is 0.545. The number of benzene rings is 1. The maximum absolute atomic E-state index is 12.6. The Bertz CT molecular complexity index is 1300. The molecule has 0 bridgehead atoms. The van der Waals surface area contributed by atoms with Crippen molar-refractivity contribution in [3.05, 3.63) is 40.0 Å². The lowest BCUT2D eigenvalue weighted by atomic mass is 9.87. The Balaban J connectivity index is 1.51. The van der Waals surface area contributed by atoms with Gasteiger partial charge < -0.3 is 20.0 Å². The minimum Gasteiger partial charge on any atom is -0.372 e. The zero-order valence-corrected chi connectivity index (χ0v) is 21.9. The third-order valence-corrected chi connectivity index (χ3v) is 8.09. The minimum atomic E-state index is 0.0443. The highest BCUT2D eigenvalue weighted by Gasteiger charge is 2.30. The lowest BCUT2D eigenvalue weighted by Gasteiger charge is -2.26. The van der Waals surface area contributed by atoms with Gasteiger partial charge in [0.25, 0.3) is 0 Å². The van der Waals surface area contributed by atoms with Crippen LogP contribution in [0.1, 0.15) is 28.0 Å². The van der Waals surface area contributed by atoms with Gasteiger partial charge >= 0.3 is 0 Å². The van der Waals surface area contributed by atoms with E-state index in [9.17, 15) is 4.79 Å². The number of aromatic nitrogens is 2. The fraction of sp³-hybridized carbons (Fsp3) is 0.462. The van der Waals surface area contributed by atoms with Crippen molar-refractivity contribution in [1.29, 1.82) is 0 Å². The van der Waals surface area contributed by atoms with E-state index in [1.165, 1.54) is 16.0 Å². The van der Waals surface area contributed by atoms with Crippen LogP contribution >= 0.6 is 11.3 Å². The third kappa shape index (κ3) is 4.62. The van der Waals surface area contributed by atoms with Crippen LogP contribution in [0.2, 0.25) is 0 Å². The molecule has 5 rings (SSSR count). The molecule has 1 aromatic carbocycles. The Morgan fingerprint density at radius 2 is 1.97 bits per heavy atom. The highest BCUT2D eigenvalue weighted by molar-refractivity contribution is 7.19. The Labute approximate surface area is 210 Å². The number of likely N-dealkylation sites (N-methyl/N-ethyl adjacent to an activating group) is 2. The molecule has 0 fully saturated rings. The molecule has 1 N–H and O–H groups in total. The molecule has 3 heterocycles. The number of anilines is 3. The van der Waals surface area contributed by atoms with E-state index in [1.807, 2.05) is 20.3 Å². The molecule has 8 nitrogen and oxygen atoms in total. The molecule has 0 spiro atoms. The number of nitrogens with one attached hydrogen (secondary N) is 1. The summed E-state index contributed by atoms with van der Waals surface area (Å²) < 4.78 is 0. The topological polar surface area (TPSA) is 77.0 Å². The number of hydrogen-bond donors (Lipinski definition) is 1. The van der Waals surface area contributed by atoms with Crippen molar-refractivity contribution in [2.45, 2.75) is 25.8 Å². The molecule has 0 saturated heterocycles. The van der Waals surface area contributed by atoms with Gasteiger partial charge in [-0.1, -0.05) is 0 Å². The van der Waals surface area contributed by atoms with Gasteiger partial charge in [-0.15, -0.1) is 11.3 Å². The van der Waals surface area contributed by atoms with E-state index in [1.54, 1.807) is 22.6 Å². The van der Waals surface area contributed by atoms with Gasteiger partial charge in [0.15, 0.2) is 0 Å². The molecule has 2 aliphatic rings. The summed E-state index contributed by atoms with van der Waals surface area (Å²) >= 11 is 1.70. The number of aliphatic imine (C=N–C) groups is 1. The van der Waals surface area contributed by atoms with Crippen LogP contribution in [0, 0.1) is 5.92 Å². The second-order valence-corrected chi connectivity index (χ2v) is 11.1. The van der Waals surface area contributed by atoms with Crippen LogP contribution in [0.4, 0.5) is 17.2 Å². The molecule has 9 heteroatoms. The fourth-order valence-electron chi connectivity index (χ4n) is 4.94. The minimum absolute atomic E-state index is 0.0443. The highest BCUT2D eigenvalue weighted by atomic mass is 32.1. The molecule has 35 heavy (non-hydrogen) atoms. The van der Waals surface area contributed by atoms with Gasteiger partial charge in [0.2, 0.25) is 5.91 Å². The Morgan fingerprint density at radius 1 is 1.14 bits per heavy atom. The van der Waals surface area contributed by atoms with E-state index in [4.69, 9.17) is 0 Å². The Kier molecular flexibility index (Phi) is 6.46.